The molecule has 1 saturated heterocycles. The molecule has 5 fully saturated rings. The SMILES string of the molecule is C[C@]12CC[C@H](O)C[C@@]1(O)CC[C@@H]1C2CC[C@]2(C)C(c3ccc(=O)oc3)C[C@H]3O[C@]132. The van der Waals surface area contributed by atoms with Crippen LogP contribution in [0, 0.1) is 22.7 Å². The van der Waals surface area contributed by atoms with E-state index in [4.69, 9.17) is 9.15 Å². The molecule has 0 amide bonds. The van der Waals surface area contributed by atoms with E-state index >= 15 is 0 Å². The van der Waals surface area contributed by atoms with Gasteiger partial charge in [-0.05, 0) is 79.7 Å². The minimum Gasteiger partial charge on any atom is -0.431 e. The van der Waals surface area contributed by atoms with Crippen LogP contribution in [0.4, 0.5) is 0 Å². The third kappa shape index (κ3) is 2.10. The van der Waals surface area contributed by atoms with Crippen molar-refractivity contribution in [1.82, 2.24) is 0 Å². The van der Waals surface area contributed by atoms with Gasteiger partial charge in [0.05, 0.1) is 24.1 Å². The topological polar surface area (TPSA) is 83.2 Å². The second-order valence-electron chi connectivity index (χ2n) is 11.1. The highest BCUT2D eigenvalue weighted by Gasteiger charge is 2.81. The van der Waals surface area contributed by atoms with Gasteiger partial charge in [-0.2, -0.15) is 0 Å². The summed E-state index contributed by atoms with van der Waals surface area (Å²) in [4.78, 5) is 11.4. The van der Waals surface area contributed by atoms with Crippen molar-refractivity contribution in [2.24, 2.45) is 22.7 Å². The zero-order valence-electron chi connectivity index (χ0n) is 17.4. The van der Waals surface area contributed by atoms with Crippen LogP contribution in [-0.2, 0) is 4.74 Å². The summed E-state index contributed by atoms with van der Waals surface area (Å²) in [7, 11) is 0. The van der Waals surface area contributed by atoms with Crippen molar-refractivity contribution in [1.29, 1.82) is 0 Å². The predicted octanol–water partition coefficient (Wildman–Crippen LogP) is 3.37. The lowest BCUT2D eigenvalue weighted by atomic mass is 9.42. The average Bonchev–Trinajstić information content (AvgIpc) is 3.34. The largest absolute Gasteiger partial charge is 0.431 e. The molecule has 1 aliphatic heterocycles. The zero-order chi connectivity index (χ0) is 20.2. The Balaban J connectivity index is 1.37. The van der Waals surface area contributed by atoms with Crippen molar-refractivity contribution in [3.8, 4) is 0 Å². The van der Waals surface area contributed by atoms with Crippen LogP contribution >= 0.6 is 0 Å². The van der Waals surface area contributed by atoms with Gasteiger partial charge in [0.15, 0.2) is 0 Å². The van der Waals surface area contributed by atoms with Crippen LogP contribution in [0.3, 0.4) is 0 Å². The number of aliphatic hydroxyl groups excluding tert-OH is 1. The molecule has 4 saturated carbocycles. The first-order valence-corrected chi connectivity index (χ1v) is 11.4. The number of fused-ring (bicyclic) bond motifs is 3. The fraction of sp³-hybridized carbons (Fsp3) is 0.792. The molecule has 1 aromatic heterocycles. The quantitative estimate of drug-likeness (QED) is 0.706. The Morgan fingerprint density at radius 1 is 1.03 bits per heavy atom. The van der Waals surface area contributed by atoms with Crippen molar-refractivity contribution in [3.05, 3.63) is 34.4 Å². The van der Waals surface area contributed by atoms with E-state index < -0.39 is 5.60 Å². The Bertz CT molecular complexity index is 890. The smallest absolute Gasteiger partial charge is 0.335 e. The Labute approximate surface area is 171 Å². The molecule has 4 aliphatic carbocycles. The first kappa shape index (κ1) is 18.6. The Hall–Kier alpha value is -1.17. The molecule has 5 nitrogen and oxygen atoms in total. The summed E-state index contributed by atoms with van der Waals surface area (Å²) in [5, 5.41) is 21.8. The first-order valence-electron chi connectivity index (χ1n) is 11.4. The number of rotatable bonds is 1. The van der Waals surface area contributed by atoms with Crippen molar-refractivity contribution in [2.75, 3.05) is 0 Å². The van der Waals surface area contributed by atoms with E-state index in [-0.39, 0.29) is 34.3 Å². The third-order valence-electron chi connectivity index (χ3n) is 10.3. The van der Waals surface area contributed by atoms with E-state index in [1.165, 1.54) is 6.07 Å². The van der Waals surface area contributed by atoms with Crippen molar-refractivity contribution in [2.45, 2.75) is 94.5 Å². The zero-order valence-corrected chi connectivity index (χ0v) is 17.4. The van der Waals surface area contributed by atoms with Crippen LogP contribution in [0.1, 0.15) is 76.7 Å². The maximum Gasteiger partial charge on any atom is 0.335 e. The molecule has 0 aromatic carbocycles. The standard InChI is InChI=1S/C24H32O5/c1-21-8-5-15(25)12-23(21,27)10-7-17-16(21)6-9-22(2)18(11-19-24(17,22)29-19)14-3-4-20(26)28-13-14/h3-4,13,15-19,25,27H,5-12H2,1-2H3/t15-,16?,17+,18?,19+,21+,22+,23-,24+/m0/s1. The molecule has 5 aliphatic rings. The molecule has 1 spiro atoms. The summed E-state index contributed by atoms with van der Waals surface area (Å²) in [6, 6.07) is 3.48. The summed E-state index contributed by atoms with van der Waals surface area (Å²) in [6.07, 6.45) is 8.69. The highest BCUT2D eigenvalue weighted by Crippen LogP contribution is 2.78. The van der Waals surface area contributed by atoms with Crippen LogP contribution in [-0.4, -0.2) is 33.6 Å². The van der Waals surface area contributed by atoms with Crippen LogP contribution in [0.5, 0.6) is 0 Å². The van der Waals surface area contributed by atoms with Gasteiger partial charge < -0.3 is 19.4 Å². The molecule has 2 N–H and O–H groups in total. The number of epoxide rings is 1. The normalized spacial score (nSPS) is 55.4. The molecule has 29 heavy (non-hydrogen) atoms. The monoisotopic (exact) mass is 400 g/mol. The highest BCUT2D eigenvalue weighted by atomic mass is 16.6. The molecular formula is C24H32O5. The van der Waals surface area contributed by atoms with Crippen molar-refractivity contribution >= 4 is 0 Å². The second-order valence-corrected chi connectivity index (χ2v) is 11.1. The molecule has 2 heterocycles. The highest BCUT2D eigenvalue weighted by molar-refractivity contribution is 5.35. The predicted molar refractivity (Wildman–Crippen MR) is 106 cm³/mol. The molecule has 9 atom stereocenters. The minimum absolute atomic E-state index is 0.0404. The lowest BCUT2D eigenvalue weighted by Gasteiger charge is -2.64. The van der Waals surface area contributed by atoms with E-state index in [0.29, 0.717) is 24.2 Å². The van der Waals surface area contributed by atoms with Crippen LogP contribution in [0.25, 0.3) is 0 Å². The van der Waals surface area contributed by atoms with Gasteiger partial charge in [0.25, 0.3) is 0 Å². The Morgan fingerprint density at radius 2 is 1.79 bits per heavy atom. The molecule has 6 rings (SSSR count). The van der Waals surface area contributed by atoms with Crippen LogP contribution in [0.2, 0.25) is 0 Å². The van der Waals surface area contributed by atoms with Gasteiger partial charge in [-0.3, -0.25) is 0 Å². The number of aliphatic hydroxyl groups is 2. The van der Waals surface area contributed by atoms with Crippen molar-refractivity contribution in [3.63, 3.8) is 0 Å². The third-order valence-corrected chi connectivity index (χ3v) is 10.3. The maximum atomic E-state index is 11.6. The average molecular weight is 401 g/mol. The second kappa shape index (κ2) is 5.54. The summed E-state index contributed by atoms with van der Waals surface area (Å²) in [5.74, 6) is 1.26. The van der Waals surface area contributed by atoms with Gasteiger partial charge in [-0.15, -0.1) is 0 Å². The fourth-order valence-electron chi connectivity index (χ4n) is 8.73. The van der Waals surface area contributed by atoms with E-state index in [1.807, 2.05) is 6.07 Å². The van der Waals surface area contributed by atoms with Gasteiger partial charge in [0.1, 0.15) is 5.60 Å². The van der Waals surface area contributed by atoms with Gasteiger partial charge in [0, 0.05) is 17.9 Å². The Kier molecular flexibility index (Phi) is 3.55. The molecule has 0 bridgehead atoms. The first-order chi connectivity index (χ1) is 13.7. The van der Waals surface area contributed by atoms with E-state index in [1.54, 1.807) is 6.26 Å². The molecule has 0 radical (unpaired) electrons. The number of hydrogen-bond acceptors (Lipinski definition) is 5. The molecule has 158 valence electrons. The van der Waals surface area contributed by atoms with E-state index in [0.717, 1.165) is 50.5 Å². The number of hydrogen-bond donors (Lipinski definition) is 2. The summed E-state index contributed by atoms with van der Waals surface area (Å²) < 4.78 is 11.8. The van der Waals surface area contributed by atoms with Crippen molar-refractivity contribution < 1.29 is 19.4 Å². The summed E-state index contributed by atoms with van der Waals surface area (Å²) in [5.41, 5.74) is -0.118. The van der Waals surface area contributed by atoms with Gasteiger partial charge >= 0.3 is 5.63 Å². The van der Waals surface area contributed by atoms with Crippen LogP contribution in [0.15, 0.2) is 27.6 Å². The van der Waals surface area contributed by atoms with Gasteiger partial charge in [-0.25, -0.2) is 4.79 Å². The van der Waals surface area contributed by atoms with Gasteiger partial charge in [0.2, 0.25) is 0 Å². The minimum atomic E-state index is -0.749. The van der Waals surface area contributed by atoms with Crippen LogP contribution < -0.4 is 5.63 Å². The summed E-state index contributed by atoms with van der Waals surface area (Å²) in [6.45, 7) is 4.67. The Morgan fingerprint density at radius 3 is 2.55 bits per heavy atom. The molecule has 5 heteroatoms. The lowest BCUT2D eigenvalue weighted by molar-refractivity contribution is -0.223. The maximum absolute atomic E-state index is 11.6. The molecule has 2 unspecified atom stereocenters. The van der Waals surface area contributed by atoms with Gasteiger partial charge in [-0.1, -0.05) is 13.8 Å². The lowest BCUT2D eigenvalue weighted by Crippen LogP contribution is -2.65. The number of ether oxygens (including phenoxy) is 1. The van der Waals surface area contributed by atoms with E-state index in [2.05, 4.69) is 13.8 Å². The molecule has 1 aromatic rings. The fourth-order valence-corrected chi connectivity index (χ4v) is 8.73. The molecular weight excluding hydrogens is 368 g/mol. The summed E-state index contributed by atoms with van der Waals surface area (Å²) >= 11 is 0. The van der Waals surface area contributed by atoms with E-state index in [9.17, 15) is 15.0 Å².